The summed E-state index contributed by atoms with van der Waals surface area (Å²) >= 11 is 0. The van der Waals surface area contributed by atoms with Crippen LogP contribution in [0.4, 0.5) is 0 Å². The van der Waals surface area contributed by atoms with E-state index in [1.54, 1.807) is 0 Å². The van der Waals surface area contributed by atoms with Crippen molar-refractivity contribution in [3.8, 4) is 18.4 Å². The van der Waals surface area contributed by atoms with Crippen LogP contribution in [0.3, 0.4) is 0 Å². The van der Waals surface area contributed by atoms with Gasteiger partial charge >= 0.3 is 0 Å². The minimum Gasteiger partial charge on any atom is -0.468 e. The summed E-state index contributed by atoms with van der Waals surface area (Å²) in [7, 11) is 1.41. The number of methoxy groups -OCH3 is 1. The molecule has 0 atom stereocenters. The van der Waals surface area contributed by atoms with Crippen LogP contribution in [0.5, 0.6) is 6.01 Å². The molecule has 0 aliphatic heterocycles. The molecule has 0 saturated heterocycles. The second-order valence-corrected chi connectivity index (χ2v) is 1.78. The largest absolute Gasteiger partial charge is 0.468 e. The molecule has 0 aromatic carbocycles. The van der Waals surface area contributed by atoms with E-state index < -0.39 is 0 Å². The second-order valence-electron chi connectivity index (χ2n) is 1.78. The molecule has 1 aromatic heterocycles. The zero-order valence-electron chi connectivity index (χ0n) is 5.92. The van der Waals surface area contributed by atoms with Crippen molar-refractivity contribution in [3.63, 3.8) is 0 Å². The quantitative estimate of drug-likeness (QED) is 0.562. The van der Waals surface area contributed by atoms with Crippen LogP contribution in [0.2, 0.25) is 0 Å². The van der Waals surface area contributed by atoms with Gasteiger partial charge in [-0.1, -0.05) is 5.92 Å². The van der Waals surface area contributed by atoms with Gasteiger partial charge in [-0.25, -0.2) is 4.98 Å². The normalized spacial score (nSPS) is 8.73. The van der Waals surface area contributed by atoms with Gasteiger partial charge in [0.05, 0.1) is 13.3 Å². The molecule has 0 radical (unpaired) electrons. The number of aromatic nitrogens is 2. The fourth-order valence-corrected chi connectivity index (χ4v) is 0.585. The van der Waals surface area contributed by atoms with Crippen LogP contribution in [-0.4, -0.2) is 17.1 Å². The van der Waals surface area contributed by atoms with E-state index in [1.165, 1.54) is 13.3 Å². The first kappa shape index (κ1) is 7.35. The van der Waals surface area contributed by atoms with Gasteiger partial charge < -0.3 is 4.74 Å². The predicted molar refractivity (Wildman–Crippen MR) is 39.3 cm³/mol. The average Bonchev–Trinajstić information content (AvgIpc) is 2.04. The zero-order chi connectivity index (χ0) is 8.27. The molecule has 11 heavy (non-hydrogen) atoms. The molecule has 1 rings (SSSR count). The molecule has 0 bridgehead atoms. The van der Waals surface area contributed by atoms with E-state index in [4.69, 9.17) is 6.42 Å². The third-order valence-electron chi connectivity index (χ3n) is 1.12. The summed E-state index contributed by atoms with van der Waals surface area (Å²) in [5.74, 6) is 2.18. The van der Waals surface area contributed by atoms with Gasteiger partial charge in [0.15, 0.2) is 0 Å². The Morgan fingerprint density at radius 1 is 1.82 bits per heavy atom. The molecule has 0 unspecified atom stereocenters. The number of terminal acetylenes is 1. The predicted octanol–water partition coefficient (Wildman–Crippen LogP) is -0.240. The first-order chi connectivity index (χ1) is 5.27. The van der Waals surface area contributed by atoms with Crippen LogP contribution >= 0.6 is 0 Å². The fraction of sp³-hybridized carbons (Fsp3) is 0.143. The summed E-state index contributed by atoms with van der Waals surface area (Å²) in [6.07, 6.45) is 6.28. The Morgan fingerprint density at radius 2 is 2.55 bits per heavy atom. The zero-order valence-corrected chi connectivity index (χ0v) is 5.92. The van der Waals surface area contributed by atoms with Crippen LogP contribution < -0.4 is 10.3 Å². The van der Waals surface area contributed by atoms with Gasteiger partial charge in [0.25, 0.3) is 11.6 Å². The van der Waals surface area contributed by atoms with Crippen molar-refractivity contribution in [1.82, 2.24) is 9.97 Å². The molecule has 4 heteroatoms. The topological polar surface area (TPSA) is 55.0 Å². The molecule has 0 aliphatic rings. The van der Waals surface area contributed by atoms with Gasteiger partial charge in [0, 0.05) is 0 Å². The minimum absolute atomic E-state index is 0.161. The summed E-state index contributed by atoms with van der Waals surface area (Å²) in [5, 5.41) is 0. The number of hydrogen-bond donors (Lipinski definition) is 1. The standard InChI is InChI=1S/C7H6N2O2/c1-3-5-4-8-7(11-2)9-6(5)10/h1,4H,2H3,(H,8,9,10). The third-order valence-corrected chi connectivity index (χ3v) is 1.12. The highest BCUT2D eigenvalue weighted by Crippen LogP contribution is 1.94. The van der Waals surface area contributed by atoms with Crippen molar-refractivity contribution < 1.29 is 4.74 Å². The Morgan fingerprint density at radius 3 is 3.00 bits per heavy atom. The Bertz CT molecular complexity index is 348. The molecule has 56 valence electrons. The number of ether oxygens (including phenoxy) is 1. The highest BCUT2D eigenvalue weighted by Gasteiger charge is 1.97. The lowest BCUT2D eigenvalue weighted by Gasteiger charge is -1.95. The van der Waals surface area contributed by atoms with E-state index in [9.17, 15) is 4.79 Å². The second kappa shape index (κ2) is 2.88. The summed E-state index contributed by atoms with van der Waals surface area (Å²) in [4.78, 5) is 17.0. The van der Waals surface area contributed by atoms with Crippen molar-refractivity contribution in [2.45, 2.75) is 0 Å². The van der Waals surface area contributed by atoms with Crippen LogP contribution in [0, 0.1) is 12.3 Å². The molecule has 0 aliphatic carbocycles. The monoisotopic (exact) mass is 150 g/mol. The molecular weight excluding hydrogens is 144 g/mol. The Hall–Kier alpha value is -1.76. The number of aromatic amines is 1. The maximum Gasteiger partial charge on any atom is 0.296 e. The summed E-state index contributed by atoms with van der Waals surface area (Å²) in [6, 6.07) is 0.161. The Kier molecular flexibility index (Phi) is 1.93. The van der Waals surface area contributed by atoms with Crippen LogP contribution in [0.15, 0.2) is 11.0 Å². The van der Waals surface area contributed by atoms with Crippen LogP contribution in [-0.2, 0) is 0 Å². The van der Waals surface area contributed by atoms with Gasteiger partial charge in [0.1, 0.15) is 5.56 Å². The van der Waals surface area contributed by atoms with E-state index in [0.29, 0.717) is 0 Å². The highest BCUT2D eigenvalue weighted by molar-refractivity contribution is 5.26. The lowest BCUT2D eigenvalue weighted by Crippen LogP contribution is -2.11. The van der Waals surface area contributed by atoms with Crippen LogP contribution in [0.25, 0.3) is 0 Å². The van der Waals surface area contributed by atoms with E-state index in [0.717, 1.165) is 0 Å². The van der Waals surface area contributed by atoms with Crippen LogP contribution in [0.1, 0.15) is 5.56 Å². The van der Waals surface area contributed by atoms with Gasteiger partial charge in [-0.2, -0.15) is 0 Å². The van der Waals surface area contributed by atoms with E-state index in [1.807, 2.05) is 0 Å². The van der Waals surface area contributed by atoms with Gasteiger partial charge in [0.2, 0.25) is 0 Å². The summed E-state index contributed by atoms with van der Waals surface area (Å²) < 4.78 is 4.66. The third kappa shape index (κ3) is 1.38. The van der Waals surface area contributed by atoms with E-state index >= 15 is 0 Å². The lowest BCUT2D eigenvalue weighted by molar-refractivity contribution is 0.378. The molecule has 0 saturated carbocycles. The number of H-pyrrole nitrogens is 1. The maximum absolute atomic E-state index is 10.9. The first-order valence-corrected chi connectivity index (χ1v) is 2.88. The number of nitrogens with one attached hydrogen (secondary N) is 1. The highest BCUT2D eigenvalue weighted by atomic mass is 16.5. The molecule has 1 aromatic rings. The fourth-order valence-electron chi connectivity index (χ4n) is 0.585. The van der Waals surface area contributed by atoms with Crippen molar-refractivity contribution in [2.24, 2.45) is 0 Å². The molecule has 0 fully saturated rings. The molecule has 0 spiro atoms. The summed E-state index contributed by atoms with van der Waals surface area (Å²) in [5.41, 5.74) is -0.162. The van der Waals surface area contributed by atoms with E-state index in [2.05, 4.69) is 20.6 Å². The molecular formula is C7H6N2O2. The minimum atomic E-state index is -0.362. The average molecular weight is 150 g/mol. The smallest absolute Gasteiger partial charge is 0.296 e. The van der Waals surface area contributed by atoms with Gasteiger partial charge in [-0.15, -0.1) is 6.42 Å². The molecule has 4 nitrogen and oxygen atoms in total. The van der Waals surface area contributed by atoms with Gasteiger partial charge in [-0.05, 0) is 0 Å². The molecule has 1 heterocycles. The molecule has 1 N–H and O–H groups in total. The van der Waals surface area contributed by atoms with E-state index in [-0.39, 0.29) is 17.1 Å². The number of nitrogens with zero attached hydrogens (tertiary/aromatic N) is 1. The first-order valence-electron chi connectivity index (χ1n) is 2.88. The number of rotatable bonds is 1. The van der Waals surface area contributed by atoms with Crippen molar-refractivity contribution >= 4 is 0 Å². The maximum atomic E-state index is 10.9. The summed E-state index contributed by atoms with van der Waals surface area (Å²) in [6.45, 7) is 0. The number of hydrogen-bond acceptors (Lipinski definition) is 3. The Labute approximate surface area is 63.2 Å². The van der Waals surface area contributed by atoms with Crippen molar-refractivity contribution in [3.05, 3.63) is 22.1 Å². The van der Waals surface area contributed by atoms with Gasteiger partial charge in [-0.3, -0.25) is 9.78 Å². The van der Waals surface area contributed by atoms with Crippen molar-refractivity contribution in [2.75, 3.05) is 7.11 Å². The Balaban J connectivity index is 3.23. The SMILES string of the molecule is C#Cc1cnc(OC)[nH]c1=O. The molecule has 0 amide bonds. The van der Waals surface area contributed by atoms with Crippen molar-refractivity contribution in [1.29, 1.82) is 0 Å². The lowest BCUT2D eigenvalue weighted by atomic mass is 10.4.